The maximum atomic E-state index is 13.7. The summed E-state index contributed by atoms with van der Waals surface area (Å²) < 4.78 is 15.4. The number of amides is 2. The Balaban J connectivity index is 1.50. The smallest absolute Gasteiger partial charge is 0.252 e. The Morgan fingerprint density at radius 3 is 2.58 bits per heavy atom. The standard InChI is InChI=1S/C24H19ClFN5O2/c25-17-9-14(3-6-18(17)26)21-20(22(28)32)19-10-16(24(7-8-24)12-31(19)30-21)23(33)29-15-4-1-13(11-27)2-5-15/h1-6,9,16H,7-8,10,12H2,(H2,28,32)(H,29,33). The quantitative estimate of drug-likeness (QED) is 0.610. The Morgan fingerprint density at radius 2 is 1.97 bits per heavy atom. The van der Waals surface area contributed by atoms with E-state index in [1.54, 1.807) is 28.9 Å². The van der Waals surface area contributed by atoms with Crippen LogP contribution in [0.3, 0.4) is 0 Å². The molecule has 7 nitrogen and oxygen atoms in total. The van der Waals surface area contributed by atoms with Gasteiger partial charge in [-0.15, -0.1) is 0 Å². The van der Waals surface area contributed by atoms with Crippen LogP contribution in [0.2, 0.25) is 5.02 Å². The number of primary amides is 1. The number of nitrogens with zero attached hydrogens (tertiary/aromatic N) is 3. The van der Waals surface area contributed by atoms with Gasteiger partial charge in [-0.25, -0.2) is 4.39 Å². The average Bonchev–Trinajstić information content (AvgIpc) is 3.45. The van der Waals surface area contributed by atoms with E-state index < -0.39 is 11.7 Å². The summed E-state index contributed by atoms with van der Waals surface area (Å²) in [5.74, 6) is -1.74. The molecule has 3 N–H and O–H groups in total. The molecule has 2 aliphatic rings. The molecule has 1 aromatic heterocycles. The highest BCUT2D eigenvalue weighted by Gasteiger charge is 2.56. The van der Waals surface area contributed by atoms with E-state index in [1.165, 1.54) is 18.2 Å². The van der Waals surface area contributed by atoms with Crippen LogP contribution in [0.4, 0.5) is 10.1 Å². The topological polar surface area (TPSA) is 114 Å². The number of nitriles is 1. The highest BCUT2D eigenvalue weighted by Crippen LogP contribution is 2.57. The molecule has 2 heterocycles. The molecule has 2 amide bonds. The Labute approximate surface area is 193 Å². The summed E-state index contributed by atoms with van der Waals surface area (Å²) in [6.45, 7) is 0.489. The van der Waals surface area contributed by atoms with Crippen LogP contribution < -0.4 is 11.1 Å². The van der Waals surface area contributed by atoms with E-state index in [0.717, 1.165) is 12.8 Å². The van der Waals surface area contributed by atoms with Gasteiger partial charge in [-0.05, 0) is 55.3 Å². The van der Waals surface area contributed by atoms with Gasteiger partial charge in [0.25, 0.3) is 5.91 Å². The number of hydrogen-bond donors (Lipinski definition) is 2. The number of anilines is 1. The predicted octanol–water partition coefficient (Wildman–Crippen LogP) is 3.90. The molecule has 1 fully saturated rings. The molecule has 166 valence electrons. The van der Waals surface area contributed by atoms with E-state index in [-0.39, 0.29) is 27.8 Å². The number of hydrogen-bond acceptors (Lipinski definition) is 4. The third-order valence-corrected chi connectivity index (χ3v) is 6.88. The molecule has 1 aliphatic heterocycles. The third-order valence-electron chi connectivity index (χ3n) is 6.59. The van der Waals surface area contributed by atoms with Gasteiger partial charge in [0.1, 0.15) is 11.5 Å². The molecule has 5 rings (SSSR count). The van der Waals surface area contributed by atoms with E-state index >= 15 is 0 Å². The molecule has 0 saturated heterocycles. The van der Waals surface area contributed by atoms with Gasteiger partial charge in [0.15, 0.2) is 0 Å². The molecule has 1 aliphatic carbocycles. The van der Waals surface area contributed by atoms with Crippen LogP contribution in [0.15, 0.2) is 42.5 Å². The maximum Gasteiger partial charge on any atom is 0.252 e. The van der Waals surface area contributed by atoms with Crippen LogP contribution >= 0.6 is 11.6 Å². The maximum absolute atomic E-state index is 13.7. The van der Waals surface area contributed by atoms with Gasteiger partial charge in [0.2, 0.25) is 5.91 Å². The van der Waals surface area contributed by atoms with Gasteiger partial charge >= 0.3 is 0 Å². The normalized spacial score (nSPS) is 17.8. The summed E-state index contributed by atoms with van der Waals surface area (Å²) >= 11 is 5.94. The second-order valence-corrected chi connectivity index (χ2v) is 9.03. The summed E-state index contributed by atoms with van der Waals surface area (Å²) in [5, 5.41) is 16.4. The van der Waals surface area contributed by atoms with E-state index in [4.69, 9.17) is 22.6 Å². The number of nitrogens with two attached hydrogens (primary N) is 1. The number of fused-ring (bicyclic) bond motifs is 1. The second kappa shape index (κ2) is 7.71. The van der Waals surface area contributed by atoms with Crippen molar-refractivity contribution in [2.45, 2.75) is 25.8 Å². The number of carbonyl (C=O) groups excluding carboxylic acids is 2. The molecule has 1 saturated carbocycles. The fourth-order valence-electron chi connectivity index (χ4n) is 4.65. The number of benzene rings is 2. The lowest BCUT2D eigenvalue weighted by Crippen LogP contribution is -2.40. The van der Waals surface area contributed by atoms with Crippen molar-refractivity contribution in [1.29, 1.82) is 5.26 Å². The third kappa shape index (κ3) is 3.64. The zero-order chi connectivity index (χ0) is 23.3. The highest BCUT2D eigenvalue weighted by atomic mass is 35.5. The number of nitrogens with one attached hydrogen (secondary N) is 1. The first-order valence-electron chi connectivity index (χ1n) is 10.5. The van der Waals surface area contributed by atoms with Gasteiger partial charge in [0.05, 0.1) is 33.8 Å². The van der Waals surface area contributed by atoms with Crippen LogP contribution in [0.1, 0.15) is 34.5 Å². The molecule has 1 unspecified atom stereocenters. The summed E-state index contributed by atoms with van der Waals surface area (Å²) in [4.78, 5) is 25.7. The minimum absolute atomic E-state index is 0.0766. The number of aromatic nitrogens is 2. The zero-order valence-corrected chi connectivity index (χ0v) is 18.2. The first-order valence-corrected chi connectivity index (χ1v) is 10.8. The molecule has 2 aromatic carbocycles. The Morgan fingerprint density at radius 1 is 1.24 bits per heavy atom. The number of carbonyl (C=O) groups is 2. The summed E-state index contributed by atoms with van der Waals surface area (Å²) in [6.07, 6.45) is 2.06. The Bertz CT molecular complexity index is 1340. The summed E-state index contributed by atoms with van der Waals surface area (Å²) in [7, 11) is 0. The average molecular weight is 464 g/mol. The molecule has 9 heteroatoms. The van der Waals surface area contributed by atoms with Crippen LogP contribution in [0.25, 0.3) is 11.3 Å². The lowest BCUT2D eigenvalue weighted by atomic mass is 9.80. The van der Waals surface area contributed by atoms with Gasteiger partial charge in [0, 0.05) is 29.6 Å². The van der Waals surface area contributed by atoms with Crippen molar-refractivity contribution in [1.82, 2.24) is 9.78 Å². The fraction of sp³-hybridized carbons (Fsp3) is 0.250. The van der Waals surface area contributed by atoms with Crippen LogP contribution in [0, 0.1) is 28.5 Å². The van der Waals surface area contributed by atoms with E-state index in [9.17, 15) is 14.0 Å². The Kier molecular flexibility index (Phi) is 4.94. The largest absolute Gasteiger partial charge is 0.365 e. The molecular formula is C24H19ClFN5O2. The molecule has 0 radical (unpaired) electrons. The van der Waals surface area contributed by atoms with Crippen molar-refractivity contribution in [3.05, 3.63) is 70.1 Å². The van der Waals surface area contributed by atoms with Gasteiger partial charge < -0.3 is 11.1 Å². The first-order chi connectivity index (χ1) is 15.8. The van der Waals surface area contributed by atoms with E-state index in [0.29, 0.717) is 41.2 Å². The van der Waals surface area contributed by atoms with Crippen molar-refractivity contribution in [3.8, 4) is 17.3 Å². The van der Waals surface area contributed by atoms with Crippen LogP contribution in [-0.2, 0) is 17.8 Å². The van der Waals surface area contributed by atoms with Crippen molar-refractivity contribution in [2.24, 2.45) is 17.1 Å². The fourth-order valence-corrected chi connectivity index (χ4v) is 4.83. The molecule has 33 heavy (non-hydrogen) atoms. The van der Waals surface area contributed by atoms with E-state index in [2.05, 4.69) is 10.4 Å². The lowest BCUT2D eigenvalue weighted by Gasteiger charge is -2.32. The minimum Gasteiger partial charge on any atom is -0.365 e. The highest BCUT2D eigenvalue weighted by molar-refractivity contribution is 6.31. The molecule has 1 atom stereocenters. The number of halogens is 2. The zero-order valence-electron chi connectivity index (χ0n) is 17.4. The first kappa shape index (κ1) is 21.2. The summed E-state index contributed by atoms with van der Waals surface area (Å²) in [6, 6.07) is 12.9. The van der Waals surface area contributed by atoms with Crippen molar-refractivity contribution in [3.63, 3.8) is 0 Å². The van der Waals surface area contributed by atoms with Crippen molar-refractivity contribution >= 4 is 29.1 Å². The Hall–Kier alpha value is -3.70. The van der Waals surface area contributed by atoms with Gasteiger partial charge in [-0.1, -0.05) is 11.6 Å². The van der Waals surface area contributed by atoms with Gasteiger partial charge in [-0.2, -0.15) is 10.4 Å². The van der Waals surface area contributed by atoms with E-state index in [1.807, 2.05) is 6.07 Å². The monoisotopic (exact) mass is 463 g/mol. The van der Waals surface area contributed by atoms with Crippen molar-refractivity contribution in [2.75, 3.05) is 5.32 Å². The second-order valence-electron chi connectivity index (χ2n) is 8.62. The minimum atomic E-state index is -0.662. The SMILES string of the molecule is N#Cc1ccc(NC(=O)C2Cc3c(C(N)=O)c(-c4ccc(F)c(Cl)c4)nn3CC23CC3)cc1. The lowest BCUT2D eigenvalue weighted by molar-refractivity contribution is -0.122. The van der Waals surface area contributed by atoms with Crippen LogP contribution in [-0.4, -0.2) is 21.6 Å². The predicted molar refractivity (Wildman–Crippen MR) is 120 cm³/mol. The van der Waals surface area contributed by atoms with Gasteiger partial charge in [-0.3, -0.25) is 14.3 Å². The molecule has 3 aromatic rings. The molecule has 1 spiro atoms. The van der Waals surface area contributed by atoms with Crippen molar-refractivity contribution < 1.29 is 14.0 Å². The van der Waals surface area contributed by atoms with Crippen LogP contribution in [0.5, 0.6) is 0 Å². The summed E-state index contributed by atoms with van der Waals surface area (Å²) in [5.41, 5.74) is 8.24. The molecular weight excluding hydrogens is 445 g/mol. The molecule has 0 bridgehead atoms. The number of rotatable bonds is 4.